The van der Waals surface area contributed by atoms with Crippen LogP contribution in [-0.2, 0) is 11.3 Å². The summed E-state index contributed by atoms with van der Waals surface area (Å²) in [4.78, 5) is 14.4. The molecule has 2 rings (SSSR count). The van der Waals surface area contributed by atoms with Crippen LogP contribution in [0.4, 0.5) is 0 Å². The Kier molecular flexibility index (Phi) is 6.24. The highest BCUT2D eigenvalue weighted by molar-refractivity contribution is 6.30. The van der Waals surface area contributed by atoms with E-state index < -0.39 is 6.04 Å². The van der Waals surface area contributed by atoms with E-state index in [4.69, 9.17) is 17.3 Å². The molecule has 1 aliphatic heterocycles. The van der Waals surface area contributed by atoms with Crippen molar-refractivity contribution in [2.24, 2.45) is 11.7 Å². The summed E-state index contributed by atoms with van der Waals surface area (Å²) in [6.45, 7) is 6.86. The lowest BCUT2D eigenvalue weighted by Gasteiger charge is -2.33. The first-order valence-corrected chi connectivity index (χ1v) is 8.36. The third kappa shape index (κ3) is 4.97. The summed E-state index contributed by atoms with van der Waals surface area (Å²) in [6.07, 6.45) is 1.95. The molecule has 0 aliphatic carbocycles. The van der Waals surface area contributed by atoms with Crippen LogP contribution in [0.2, 0.25) is 5.02 Å². The zero-order chi connectivity index (χ0) is 16.1. The SMILES string of the molecule is CC(C)[C@H](N)C(=O)NC1CCN(Cc2ccc(Cl)cc2)CC1. The summed E-state index contributed by atoms with van der Waals surface area (Å²) in [7, 11) is 0. The second-order valence-corrected chi connectivity index (χ2v) is 6.89. The fraction of sp³-hybridized carbons (Fsp3) is 0.588. The minimum Gasteiger partial charge on any atom is -0.352 e. The van der Waals surface area contributed by atoms with Gasteiger partial charge in [-0.1, -0.05) is 37.6 Å². The summed E-state index contributed by atoms with van der Waals surface area (Å²) < 4.78 is 0. The highest BCUT2D eigenvalue weighted by Crippen LogP contribution is 2.16. The minimum absolute atomic E-state index is 0.0221. The third-order valence-electron chi connectivity index (χ3n) is 4.27. The van der Waals surface area contributed by atoms with Crippen molar-refractivity contribution < 1.29 is 4.79 Å². The van der Waals surface area contributed by atoms with Gasteiger partial charge in [-0.25, -0.2) is 0 Å². The molecule has 1 aromatic rings. The lowest BCUT2D eigenvalue weighted by atomic mass is 10.0. The number of halogens is 1. The van der Waals surface area contributed by atoms with E-state index in [9.17, 15) is 4.79 Å². The number of likely N-dealkylation sites (tertiary alicyclic amines) is 1. The van der Waals surface area contributed by atoms with Gasteiger partial charge in [0.05, 0.1) is 6.04 Å². The molecule has 1 saturated heterocycles. The van der Waals surface area contributed by atoms with Gasteiger partial charge in [0.2, 0.25) is 5.91 Å². The number of benzene rings is 1. The number of piperidine rings is 1. The monoisotopic (exact) mass is 323 g/mol. The van der Waals surface area contributed by atoms with E-state index in [0.29, 0.717) is 0 Å². The average molecular weight is 324 g/mol. The van der Waals surface area contributed by atoms with Crippen LogP contribution in [0.1, 0.15) is 32.3 Å². The summed E-state index contributed by atoms with van der Waals surface area (Å²) in [5.74, 6) is 0.149. The molecule has 0 saturated carbocycles. The Bertz CT molecular complexity index is 481. The molecule has 122 valence electrons. The van der Waals surface area contributed by atoms with Crippen LogP contribution in [0.25, 0.3) is 0 Å². The molecule has 1 atom stereocenters. The minimum atomic E-state index is -0.410. The van der Waals surface area contributed by atoms with E-state index in [2.05, 4.69) is 22.3 Å². The molecule has 1 amide bonds. The van der Waals surface area contributed by atoms with Crippen molar-refractivity contribution in [1.29, 1.82) is 0 Å². The van der Waals surface area contributed by atoms with Crippen LogP contribution in [0, 0.1) is 5.92 Å². The molecule has 5 heteroatoms. The Hall–Kier alpha value is -1.10. The Morgan fingerprint density at radius 1 is 1.32 bits per heavy atom. The normalized spacial score (nSPS) is 18.4. The molecule has 1 heterocycles. The Morgan fingerprint density at radius 2 is 1.91 bits per heavy atom. The standard InChI is InChI=1S/C17H26ClN3O/c1-12(2)16(19)17(22)20-15-7-9-21(10-8-15)11-13-3-5-14(18)6-4-13/h3-6,12,15-16H,7-11,19H2,1-2H3,(H,20,22)/t16-/m0/s1. The number of nitrogens with one attached hydrogen (secondary N) is 1. The largest absolute Gasteiger partial charge is 0.352 e. The molecule has 0 aromatic heterocycles. The van der Waals surface area contributed by atoms with E-state index in [1.54, 1.807) is 0 Å². The molecule has 1 fully saturated rings. The van der Waals surface area contributed by atoms with Gasteiger partial charge >= 0.3 is 0 Å². The van der Waals surface area contributed by atoms with E-state index in [1.807, 2.05) is 26.0 Å². The van der Waals surface area contributed by atoms with Crippen molar-refractivity contribution >= 4 is 17.5 Å². The summed E-state index contributed by atoms with van der Waals surface area (Å²) in [5.41, 5.74) is 7.16. The second kappa shape index (κ2) is 7.95. The molecule has 22 heavy (non-hydrogen) atoms. The Labute approximate surface area is 138 Å². The van der Waals surface area contributed by atoms with Crippen molar-refractivity contribution in [2.45, 2.75) is 45.3 Å². The fourth-order valence-electron chi connectivity index (χ4n) is 2.68. The molecule has 0 unspecified atom stereocenters. The first kappa shape index (κ1) is 17.3. The second-order valence-electron chi connectivity index (χ2n) is 6.46. The van der Waals surface area contributed by atoms with Crippen LogP contribution in [0.3, 0.4) is 0 Å². The number of rotatable bonds is 5. The Morgan fingerprint density at radius 3 is 2.45 bits per heavy atom. The van der Waals surface area contributed by atoms with Crippen molar-refractivity contribution in [3.63, 3.8) is 0 Å². The molecule has 4 nitrogen and oxygen atoms in total. The maximum absolute atomic E-state index is 12.0. The highest BCUT2D eigenvalue weighted by Gasteiger charge is 2.24. The first-order valence-electron chi connectivity index (χ1n) is 7.98. The van der Waals surface area contributed by atoms with Gasteiger partial charge in [0, 0.05) is 30.7 Å². The molecular weight excluding hydrogens is 298 g/mol. The quantitative estimate of drug-likeness (QED) is 0.875. The van der Waals surface area contributed by atoms with Gasteiger partial charge in [-0.05, 0) is 36.5 Å². The van der Waals surface area contributed by atoms with Gasteiger partial charge in [-0.2, -0.15) is 0 Å². The molecule has 0 spiro atoms. The Balaban J connectivity index is 1.76. The summed E-state index contributed by atoms with van der Waals surface area (Å²) in [5, 5.41) is 3.85. The predicted molar refractivity (Wildman–Crippen MR) is 90.7 cm³/mol. The van der Waals surface area contributed by atoms with Gasteiger partial charge in [0.15, 0.2) is 0 Å². The maximum atomic E-state index is 12.0. The van der Waals surface area contributed by atoms with E-state index in [-0.39, 0.29) is 17.9 Å². The lowest BCUT2D eigenvalue weighted by molar-refractivity contribution is -0.124. The van der Waals surface area contributed by atoms with Crippen LogP contribution in [0.5, 0.6) is 0 Å². The van der Waals surface area contributed by atoms with Crippen LogP contribution in [-0.4, -0.2) is 36.0 Å². The molecule has 3 N–H and O–H groups in total. The number of nitrogens with two attached hydrogens (primary N) is 1. The number of carbonyl (C=O) groups is 1. The van der Waals surface area contributed by atoms with E-state index in [1.165, 1.54) is 5.56 Å². The zero-order valence-electron chi connectivity index (χ0n) is 13.4. The number of amides is 1. The van der Waals surface area contributed by atoms with Crippen molar-refractivity contribution in [1.82, 2.24) is 10.2 Å². The first-order chi connectivity index (χ1) is 10.5. The fourth-order valence-corrected chi connectivity index (χ4v) is 2.81. The van der Waals surface area contributed by atoms with Crippen molar-refractivity contribution in [3.05, 3.63) is 34.9 Å². The molecular formula is C17H26ClN3O. The van der Waals surface area contributed by atoms with Crippen molar-refractivity contribution in [2.75, 3.05) is 13.1 Å². The average Bonchev–Trinajstić information content (AvgIpc) is 2.50. The van der Waals surface area contributed by atoms with Crippen molar-refractivity contribution in [3.8, 4) is 0 Å². The number of carbonyl (C=O) groups excluding carboxylic acids is 1. The van der Waals surface area contributed by atoms with Gasteiger partial charge in [0.1, 0.15) is 0 Å². The van der Waals surface area contributed by atoms with Gasteiger partial charge in [-0.3, -0.25) is 9.69 Å². The summed E-state index contributed by atoms with van der Waals surface area (Å²) >= 11 is 5.91. The molecule has 0 bridgehead atoms. The van der Waals surface area contributed by atoms with Crippen LogP contribution >= 0.6 is 11.6 Å². The summed E-state index contributed by atoms with van der Waals surface area (Å²) in [6, 6.07) is 7.83. The smallest absolute Gasteiger partial charge is 0.237 e. The highest BCUT2D eigenvalue weighted by atomic mass is 35.5. The predicted octanol–water partition coefficient (Wildman–Crippen LogP) is 2.40. The lowest BCUT2D eigenvalue weighted by Crippen LogP contribution is -2.51. The van der Waals surface area contributed by atoms with Gasteiger partial charge < -0.3 is 11.1 Å². The van der Waals surface area contributed by atoms with E-state index >= 15 is 0 Å². The van der Waals surface area contributed by atoms with Gasteiger partial charge in [0.25, 0.3) is 0 Å². The van der Waals surface area contributed by atoms with Crippen LogP contribution in [0.15, 0.2) is 24.3 Å². The molecule has 1 aromatic carbocycles. The topological polar surface area (TPSA) is 58.4 Å². The zero-order valence-corrected chi connectivity index (χ0v) is 14.1. The third-order valence-corrected chi connectivity index (χ3v) is 4.53. The number of hydrogen-bond acceptors (Lipinski definition) is 3. The molecule has 1 aliphatic rings. The van der Waals surface area contributed by atoms with Gasteiger partial charge in [-0.15, -0.1) is 0 Å². The maximum Gasteiger partial charge on any atom is 0.237 e. The van der Waals surface area contributed by atoms with Crippen LogP contribution < -0.4 is 11.1 Å². The molecule has 0 radical (unpaired) electrons. The van der Waals surface area contributed by atoms with E-state index in [0.717, 1.165) is 37.5 Å². The number of hydrogen-bond donors (Lipinski definition) is 2. The number of nitrogens with zero attached hydrogens (tertiary/aromatic N) is 1.